The average molecular weight is 897 g/mol. The molecule has 2 aromatic heterocycles. The number of aryl methyl sites for hydroxylation is 4. The van der Waals surface area contributed by atoms with Crippen LogP contribution in [-0.2, 0) is 30.9 Å². The maximum atomic E-state index is 5.01. The predicted octanol–water partition coefficient (Wildman–Crippen LogP) is 10.2. The Morgan fingerprint density at radius 3 is 1.72 bits per heavy atom. The quantitative estimate of drug-likeness (QED) is 0.114. The van der Waals surface area contributed by atoms with Crippen LogP contribution in [-0.4, -0.2) is 37.3 Å². The SMILES string of the molecule is CC(C)(C)c1nc2c(-c3[c-]cccc3)nccn2c1C(C)(C)C.Cc1[c-]c(N2C=CN(CCCCN3C=CN(c4[c-]c(C)cc(C)c4)[CH-]3)[CH-]2)cc(C)c1.[Ir]. The van der Waals surface area contributed by atoms with Crippen LogP contribution < -0.4 is 9.80 Å². The van der Waals surface area contributed by atoms with Crippen LogP contribution >= 0.6 is 0 Å². The van der Waals surface area contributed by atoms with Crippen LogP contribution in [0.5, 0.6) is 0 Å². The van der Waals surface area contributed by atoms with E-state index < -0.39 is 0 Å². The minimum Gasteiger partial charge on any atom is -0.508 e. The van der Waals surface area contributed by atoms with Crippen molar-refractivity contribution in [1.29, 1.82) is 0 Å². The Balaban J connectivity index is 0.000000211. The fraction of sp³-hybridized carbons (Fsp3) is 0.348. The van der Waals surface area contributed by atoms with Crippen LogP contribution in [0.25, 0.3) is 16.9 Å². The minimum absolute atomic E-state index is 0. The van der Waals surface area contributed by atoms with Gasteiger partial charge in [-0.3, -0.25) is 4.98 Å². The maximum Gasteiger partial charge on any atom is 0.120 e. The van der Waals surface area contributed by atoms with E-state index in [1.54, 1.807) is 0 Å². The number of imidazole rings is 1. The number of nitrogens with zero attached hydrogens (tertiary/aromatic N) is 7. The van der Waals surface area contributed by atoms with E-state index in [0.29, 0.717) is 0 Å². The molecule has 54 heavy (non-hydrogen) atoms. The van der Waals surface area contributed by atoms with Crippen molar-refractivity contribution in [1.82, 2.24) is 24.2 Å². The summed E-state index contributed by atoms with van der Waals surface area (Å²) in [4.78, 5) is 18.4. The summed E-state index contributed by atoms with van der Waals surface area (Å²) in [5.74, 6) is 0. The van der Waals surface area contributed by atoms with Crippen LogP contribution in [0.2, 0.25) is 0 Å². The summed E-state index contributed by atoms with van der Waals surface area (Å²) in [6, 6.07) is 26.7. The van der Waals surface area contributed by atoms with Crippen molar-refractivity contribution < 1.29 is 20.1 Å². The molecule has 0 bridgehead atoms. The second-order valence-electron chi connectivity index (χ2n) is 16.3. The van der Waals surface area contributed by atoms with Gasteiger partial charge >= 0.3 is 0 Å². The number of aromatic nitrogens is 3. The predicted molar refractivity (Wildman–Crippen MR) is 219 cm³/mol. The van der Waals surface area contributed by atoms with E-state index in [4.69, 9.17) is 4.98 Å². The van der Waals surface area contributed by atoms with Crippen molar-refractivity contribution in [2.45, 2.75) is 92.9 Å². The van der Waals surface area contributed by atoms with Gasteiger partial charge in [0.15, 0.2) is 0 Å². The van der Waals surface area contributed by atoms with E-state index in [9.17, 15) is 0 Å². The van der Waals surface area contributed by atoms with Crippen LogP contribution in [0.3, 0.4) is 0 Å². The number of unbranched alkanes of at least 4 members (excludes halogenated alkanes) is 1. The second kappa shape index (κ2) is 17.0. The molecule has 0 amide bonds. The Morgan fingerprint density at radius 1 is 0.704 bits per heavy atom. The summed E-state index contributed by atoms with van der Waals surface area (Å²) in [5, 5.41) is 0. The average Bonchev–Trinajstić information content (AvgIpc) is 3.85. The van der Waals surface area contributed by atoms with Gasteiger partial charge in [-0.15, -0.1) is 59.4 Å². The molecule has 0 atom stereocenters. The molecule has 0 aliphatic carbocycles. The summed E-state index contributed by atoms with van der Waals surface area (Å²) in [6.45, 7) is 28.1. The molecule has 0 saturated heterocycles. The van der Waals surface area contributed by atoms with Crippen molar-refractivity contribution >= 4 is 17.0 Å². The second-order valence-corrected chi connectivity index (χ2v) is 16.3. The first-order valence-electron chi connectivity index (χ1n) is 18.7. The van der Waals surface area contributed by atoms with Gasteiger partial charge in [-0.2, -0.15) is 59.9 Å². The van der Waals surface area contributed by atoms with Crippen molar-refractivity contribution in [3.05, 3.63) is 151 Å². The van der Waals surface area contributed by atoms with Crippen molar-refractivity contribution in [3.8, 4) is 11.3 Å². The number of hydrogen-bond acceptors (Lipinski definition) is 6. The van der Waals surface area contributed by atoms with Gasteiger partial charge in [-0.25, -0.2) is 4.98 Å². The molecule has 8 heteroatoms. The third-order valence-corrected chi connectivity index (χ3v) is 9.22. The Bertz CT molecular complexity index is 1970. The Morgan fingerprint density at radius 2 is 1.26 bits per heavy atom. The molecular weight excluding hydrogens is 843 g/mol. The van der Waals surface area contributed by atoms with Crippen molar-refractivity contribution in [2.24, 2.45) is 0 Å². The van der Waals surface area contributed by atoms with Crippen LogP contribution in [0.4, 0.5) is 11.4 Å². The zero-order chi connectivity index (χ0) is 37.9. The van der Waals surface area contributed by atoms with E-state index >= 15 is 0 Å². The molecule has 287 valence electrons. The third kappa shape index (κ3) is 9.82. The normalized spacial score (nSPS) is 14.2. The molecular formula is C46H54IrN7-5. The number of fused-ring (bicyclic) bond motifs is 1. The Hall–Kier alpha value is -4.39. The monoisotopic (exact) mass is 897 g/mol. The first kappa shape index (κ1) is 40.8. The summed E-state index contributed by atoms with van der Waals surface area (Å²) >= 11 is 0. The van der Waals surface area contributed by atoms with Crippen LogP contribution in [0.15, 0.2) is 85.7 Å². The van der Waals surface area contributed by atoms with Gasteiger partial charge in [0, 0.05) is 49.0 Å². The summed E-state index contributed by atoms with van der Waals surface area (Å²) < 4.78 is 2.20. The molecule has 0 saturated carbocycles. The van der Waals surface area contributed by atoms with E-state index in [1.807, 2.05) is 36.7 Å². The van der Waals surface area contributed by atoms with Crippen molar-refractivity contribution in [2.75, 3.05) is 22.9 Å². The molecule has 0 spiro atoms. The topological polar surface area (TPSA) is 43.2 Å². The number of benzene rings is 3. The Labute approximate surface area is 337 Å². The summed E-state index contributed by atoms with van der Waals surface area (Å²) in [6.07, 6.45) is 14.7. The fourth-order valence-corrected chi connectivity index (χ4v) is 6.90. The smallest absolute Gasteiger partial charge is 0.120 e. The number of hydrogen-bond donors (Lipinski definition) is 0. The molecule has 0 fully saturated rings. The van der Waals surface area contributed by atoms with E-state index in [0.717, 1.165) is 59.9 Å². The third-order valence-electron chi connectivity index (χ3n) is 9.22. The van der Waals surface area contributed by atoms with Crippen LogP contribution in [0.1, 0.15) is 88.0 Å². The van der Waals surface area contributed by atoms with Gasteiger partial charge in [-0.1, -0.05) is 69.2 Å². The first-order chi connectivity index (χ1) is 25.2. The van der Waals surface area contributed by atoms with E-state index in [1.165, 1.54) is 27.9 Å². The summed E-state index contributed by atoms with van der Waals surface area (Å²) in [5.41, 5.74) is 12.2. The summed E-state index contributed by atoms with van der Waals surface area (Å²) in [7, 11) is 0. The Kier molecular flexibility index (Phi) is 12.8. The van der Waals surface area contributed by atoms with Gasteiger partial charge in [0.25, 0.3) is 0 Å². The largest absolute Gasteiger partial charge is 0.508 e. The molecule has 2 aliphatic heterocycles. The molecule has 5 aromatic rings. The minimum atomic E-state index is -0.0215. The molecule has 3 aromatic carbocycles. The molecule has 4 heterocycles. The zero-order valence-corrected chi connectivity index (χ0v) is 35.9. The number of anilines is 2. The van der Waals surface area contributed by atoms with Gasteiger partial charge in [-0.05, 0) is 50.7 Å². The standard InChI is InChI=1S/C26H30N4.C20H24N3.Ir/c1-21-13-22(2)16-25(15-21)29-11-9-27(19-29)7-5-6-8-28-10-12-30(20-28)26-17-23(3)14-24(4)18-26;1-19(2,3)16-17(20(4,5)6)23-13-12-21-15(18(23)22-16)14-10-8-7-9-11-14;/h9-15,17,19-20H,5-8H2,1-4H3;7-10,12-13H,1-6H3;/q-4;-1;. The van der Waals surface area contributed by atoms with Gasteiger partial charge in [0.1, 0.15) is 5.65 Å². The van der Waals surface area contributed by atoms with Gasteiger partial charge in [0.2, 0.25) is 0 Å². The molecule has 0 N–H and O–H groups in total. The van der Waals surface area contributed by atoms with Gasteiger partial charge < -0.3 is 24.0 Å². The molecule has 2 aliphatic rings. The molecule has 1 radical (unpaired) electrons. The first-order valence-corrected chi connectivity index (χ1v) is 18.7. The van der Waals surface area contributed by atoms with Crippen molar-refractivity contribution in [3.63, 3.8) is 0 Å². The van der Waals surface area contributed by atoms with E-state index in [2.05, 4.69) is 179 Å². The molecule has 7 nitrogen and oxygen atoms in total. The zero-order valence-electron chi connectivity index (χ0n) is 33.5. The fourth-order valence-electron chi connectivity index (χ4n) is 6.90. The van der Waals surface area contributed by atoms with Crippen LogP contribution in [0, 0.1) is 59.2 Å². The maximum absolute atomic E-state index is 5.01. The molecule has 7 rings (SSSR count). The van der Waals surface area contributed by atoms with E-state index in [-0.39, 0.29) is 30.9 Å². The molecule has 0 unspecified atom stereocenters. The number of rotatable bonds is 8. The van der Waals surface area contributed by atoms with Gasteiger partial charge in [0.05, 0.1) is 11.4 Å².